The molecule has 1 aliphatic heterocycles. The van der Waals surface area contributed by atoms with Crippen molar-refractivity contribution < 1.29 is 6.22 Å². The van der Waals surface area contributed by atoms with E-state index in [1.807, 2.05) is 24.9 Å². The van der Waals surface area contributed by atoms with Gasteiger partial charge in [0.15, 0.2) is 0 Å². The van der Waals surface area contributed by atoms with Crippen LogP contribution >= 0.6 is 0 Å². The Morgan fingerprint density at radius 2 is 2.00 bits per heavy atom. The third-order valence-electron chi connectivity index (χ3n) is 4.28. The summed E-state index contributed by atoms with van der Waals surface area (Å²) in [4.78, 5) is 18.4. The van der Waals surface area contributed by atoms with Crippen molar-refractivity contribution in [3.05, 3.63) is 23.9 Å². The van der Waals surface area contributed by atoms with E-state index >= 15 is 0 Å². The fraction of sp³-hybridized carbons (Fsp3) is 0.667. The van der Waals surface area contributed by atoms with Gasteiger partial charge in [-0.2, -0.15) is 0 Å². The van der Waals surface area contributed by atoms with E-state index in [2.05, 4.69) is 43.2 Å². The maximum Gasteiger partial charge on any atom is 0.225 e. The summed E-state index contributed by atoms with van der Waals surface area (Å²) in [6, 6.07) is 4.62. The van der Waals surface area contributed by atoms with Crippen LogP contribution in [0.1, 0.15) is 54.5 Å². The molecule has 0 bridgehead atoms. The number of nitrogens with one attached hydrogen (secondary N) is 1. The maximum absolute atomic E-state index is 12.0. The van der Waals surface area contributed by atoms with E-state index in [1.165, 1.54) is 5.56 Å². The molecule has 22 heavy (non-hydrogen) atoms. The summed E-state index contributed by atoms with van der Waals surface area (Å²) in [6.07, 6.45) is 3.85. The fourth-order valence-corrected chi connectivity index (χ4v) is 2.79. The van der Waals surface area contributed by atoms with Crippen molar-refractivity contribution in [3.63, 3.8) is 0 Å². The van der Waals surface area contributed by atoms with Crippen molar-refractivity contribution in [2.24, 2.45) is 5.92 Å². The molecule has 0 unspecified atom stereocenters. The number of aromatic nitrogens is 1. The van der Waals surface area contributed by atoms with Crippen LogP contribution in [0.3, 0.4) is 0 Å². The predicted molar refractivity (Wildman–Crippen MR) is 93.1 cm³/mol. The van der Waals surface area contributed by atoms with Gasteiger partial charge >= 0.3 is 0 Å². The highest BCUT2D eigenvalue weighted by molar-refractivity contribution is 5.78. The van der Waals surface area contributed by atoms with Gasteiger partial charge in [-0.15, -0.1) is 0 Å². The number of carbonyl (C=O) groups excluding carboxylic acids is 1. The van der Waals surface area contributed by atoms with Gasteiger partial charge in [-0.25, -0.2) is 4.98 Å². The van der Waals surface area contributed by atoms with Gasteiger partial charge in [-0.3, -0.25) is 4.79 Å². The van der Waals surface area contributed by atoms with Crippen molar-refractivity contribution in [1.82, 2.24) is 9.88 Å². The summed E-state index contributed by atoms with van der Waals surface area (Å²) in [7, 11) is 0. The molecule has 0 aromatic carbocycles. The number of pyridine rings is 1. The summed E-state index contributed by atoms with van der Waals surface area (Å²) in [5.74, 6) is 1.31. The van der Waals surface area contributed by atoms with E-state index < -0.39 is 0 Å². The van der Waals surface area contributed by atoms with Gasteiger partial charge in [0.1, 0.15) is 5.82 Å². The van der Waals surface area contributed by atoms with E-state index in [9.17, 15) is 4.79 Å². The third-order valence-corrected chi connectivity index (χ3v) is 4.28. The van der Waals surface area contributed by atoms with Crippen LogP contribution in [-0.4, -0.2) is 34.9 Å². The summed E-state index contributed by atoms with van der Waals surface area (Å²) in [5.41, 5.74) is 1.42. The smallest absolute Gasteiger partial charge is 0.225 e. The monoisotopic (exact) mass is 305 g/mol. The van der Waals surface area contributed by atoms with Crippen LogP contribution in [0.25, 0.3) is 0 Å². The Labute approximate surface area is 135 Å². The molecule has 0 radical (unpaired) electrons. The number of nitrogens with zero attached hydrogens (tertiary/aromatic N) is 2. The number of hydrogen-bond acceptors (Lipinski definition) is 3. The molecule has 0 atom stereocenters. The van der Waals surface area contributed by atoms with Crippen LogP contribution in [0, 0.1) is 5.92 Å². The predicted octanol–water partition coefficient (Wildman–Crippen LogP) is 3.68. The number of piperidine rings is 1. The van der Waals surface area contributed by atoms with Crippen LogP contribution in [-0.2, 0) is 10.2 Å². The first-order valence-corrected chi connectivity index (χ1v) is 8.29. The highest BCUT2D eigenvalue weighted by Gasteiger charge is 2.24. The molecule has 1 amide bonds. The topological polar surface area (TPSA) is 45.2 Å². The van der Waals surface area contributed by atoms with Crippen LogP contribution in [0.2, 0.25) is 0 Å². The van der Waals surface area contributed by atoms with E-state index in [4.69, 9.17) is 0 Å². The summed E-state index contributed by atoms with van der Waals surface area (Å²) in [6.45, 7) is 12.2. The van der Waals surface area contributed by atoms with Gasteiger partial charge in [0.05, 0.1) is 0 Å². The molecule has 1 N–H and O–H groups in total. The molecule has 0 spiro atoms. The average molecular weight is 305 g/mol. The Hall–Kier alpha value is -1.58. The number of anilines is 1. The zero-order chi connectivity index (χ0) is 16.3. The maximum atomic E-state index is 12.0. The second kappa shape index (κ2) is 6.67. The summed E-state index contributed by atoms with van der Waals surface area (Å²) in [5, 5.41) is 3.53. The molecule has 1 aromatic rings. The van der Waals surface area contributed by atoms with Crippen molar-refractivity contribution in [1.29, 1.82) is 0 Å². The molecule has 1 fully saturated rings. The second-order valence-electron chi connectivity index (χ2n) is 7.58. The van der Waals surface area contributed by atoms with E-state index in [0.29, 0.717) is 6.04 Å². The van der Waals surface area contributed by atoms with Crippen LogP contribution < -0.4 is 5.32 Å². The van der Waals surface area contributed by atoms with E-state index in [1.54, 1.807) is 0 Å². The molecular formula is C18H31N3O. The first-order valence-electron chi connectivity index (χ1n) is 8.29. The zero-order valence-corrected chi connectivity index (χ0v) is 14.5. The van der Waals surface area contributed by atoms with E-state index in [0.717, 1.165) is 31.7 Å². The first-order chi connectivity index (χ1) is 10.3. The van der Waals surface area contributed by atoms with Gasteiger partial charge in [0.25, 0.3) is 0 Å². The van der Waals surface area contributed by atoms with Gasteiger partial charge in [-0.05, 0) is 36.0 Å². The molecule has 1 aromatic heterocycles. The molecule has 1 saturated heterocycles. The minimum Gasteiger partial charge on any atom is -0.367 e. The molecular weight excluding hydrogens is 274 g/mol. The Kier molecular flexibility index (Phi) is 5.09. The van der Waals surface area contributed by atoms with Gasteiger partial charge in [0.2, 0.25) is 5.91 Å². The highest BCUT2D eigenvalue weighted by Crippen LogP contribution is 2.24. The Morgan fingerprint density at radius 1 is 1.36 bits per heavy atom. The number of likely N-dealkylation sites (tertiary alicyclic amines) is 1. The second-order valence-corrected chi connectivity index (χ2v) is 7.58. The molecule has 2 rings (SSSR count). The fourth-order valence-electron chi connectivity index (χ4n) is 2.79. The molecule has 1 aliphatic rings. The lowest BCUT2D eigenvalue weighted by Crippen LogP contribution is -2.44. The summed E-state index contributed by atoms with van der Waals surface area (Å²) < 4.78 is 0. The van der Waals surface area contributed by atoms with Crippen molar-refractivity contribution >= 4 is 11.7 Å². The molecule has 4 heteroatoms. The largest absolute Gasteiger partial charge is 0.367 e. The van der Waals surface area contributed by atoms with Crippen LogP contribution in [0.15, 0.2) is 18.3 Å². The van der Waals surface area contributed by atoms with Gasteiger partial charge < -0.3 is 10.2 Å². The van der Waals surface area contributed by atoms with Crippen molar-refractivity contribution in [3.8, 4) is 0 Å². The lowest BCUT2D eigenvalue weighted by Gasteiger charge is -2.33. The molecule has 0 saturated carbocycles. The van der Waals surface area contributed by atoms with Crippen molar-refractivity contribution in [2.75, 3.05) is 18.4 Å². The first kappa shape index (κ1) is 16.8. The van der Waals surface area contributed by atoms with Gasteiger partial charge in [-0.1, -0.05) is 34.6 Å². The molecule has 2 heterocycles. The standard InChI is InChI=1S/C18H29N3O.H2/c1-13(2)17(22)21-10-7-15(8-11-21)20-16-12-14(6-9-19-16)18(3,4)5;/h6,9,12-13,15H,7-8,10-11H2,1-5H3,(H,19,20);1H. The van der Waals surface area contributed by atoms with Crippen LogP contribution in [0.5, 0.6) is 0 Å². The molecule has 0 aliphatic carbocycles. The minimum absolute atomic E-state index is 0. The third kappa shape index (κ3) is 4.21. The lowest BCUT2D eigenvalue weighted by molar-refractivity contribution is -0.135. The number of amides is 1. The number of hydrogen-bond donors (Lipinski definition) is 1. The normalized spacial score (nSPS) is 16.9. The van der Waals surface area contributed by atoms with Crippen molar-refractivity contribution in [2.45, 2.75) is 58.9 Å². The Morgan fingerprint density at radius 3 is 2.55 bits per heavy atom. The average Bonchev–Trinajstić information content (AvgIpc) is 2.46. The number of carbonyl (C=O) groups is 1. The lowest BCUT2D eigenvalue weighted by atomic mass is 9.88. The van der Waals surface area contributed by atoms with E-state index in [-0.39, 0.29) is 18.7 Å². The Balaban J connectivity index is 0.00000264. The van der Waals surface area contributed by atoms with Crippen LogP contribution in [0.4, 0.5) is 5.82 Å². The minimum atomic E-state index is 0. The quantitative estimate of drug-likeness (QED) is 0.926. The van der Waals surface area contributed by atoms with Gasteiger partial charge in [0, 0.05) is 32.7 Å². The zero-order valence-electron chi connectivity index (χ0n) is 14.5. The molecule has 4 nitrogen and oxygen atoms in total. The summed E-state index contributed by atoms with van der Waals surface area (Å²) >= 11 is 0. The Bertz CT molecular complexity index is 517. The molecule has 124 valence electrons. The SMILES string of the molecule is CC(C)C(=O)N1CCC(Nc2cc(C(C)(C)C)ccn2)CC1.[HH]. The highest BCUT2D eigenvalue weighted by atomic mass is 16.2. The number of rotatable bonds is 3.